The highest BCUT2D eigenvalue weighted by molar-refractivity contribution is 7.90. The Morgan fingerprint density at radius 3 is 1.14 bits per heavy atom. The molecule has 0 fully saturated rings. The van der Waals surface area contributed by atoms with Crippen LogP contribution in [-0.2, 0) is 29.6 Å². The summed E-state index contributed by atoms with van der Waals surface area (Å²) in [6.45, 7) is -1.08. The first-order valence-corrected chi connectivity index (χ1v) is 15.9. The zero-order chi connectivity index (χ0) is 31.0. The third-order valence-corrected chi connectivity index (χ3v) is 8.65. The van der Waals surface area contributed by atoms with E-state index in [1.807, 2.05) is 9.44 Å². The number of benzene rings is 4. The van der Waals surface area contributed by atoms with E-state index in [1.54, 1.807) is 24.3 Å². The fraction of sp³-hybridized carbons (Fsp3) is 0.0714. The van der Waals surface area contributed by atoms with Gasteiger partial charge >= 0.3 is 0 Å². The molecule has 0 saturated heterocycles. The lowest BCUT2D eigenvalue weighted by Gasteiger charge is -2.11. The van der Waals surface area contributed by atoms with E-state index in [-0.39, 0.29) is 9.79 Å². The molecule has 0 aliphatic carbocycles. The number of carbonyl (C=O) groups is 2. The van der Waals surface area contributed by atoms with Crippen LogP contribution in [0.2, 0.25) is 10.0 Å². The van der Waals surface area contributed by atoms with Crippen LogP contribution >= 0.6 is 23.2 Å². The summed E-state index contributed by atoms with van der Waals surface area (Å²) >= 11 is 11.5. The molecule has 0 aromatic heterocycles. The Labute approximate surface area is 257 Å². The number of rotatable bonds is 12. The Morgan fingerprint density at radius 2 is 0.814 bits per heavy atom. The largest absolute Gasteiger partial charge is 0.484 e. The predicted octanol–water partition coefficient (Wildman–Crippen LogP) is 4.55. The van der Waals surface area contributed by atoms with Crippen molar-refractivity contribution in [3.05, 3.63) is 107 Å². The second-order valence-corrected chi connectivity index (χ2v) is 12.8. The predicted molar refractivity (Wildman–Crippen MR) is 158 cm³/mol. The quantitative estimate of drug-likeness (QED) is 0.222. The van der Waals surface area contributed by atoms with Crippen LogP contribution < -0.4 is 23.7 Å². The fourth-order valence-electron chi connectivity index (χ4n) is 3.35. The summed E-state index contributed by atoms with van der Waals surface area (Å²) in [5, 5.41) is 0.716. The minimum atomic E-state index is -4.07. The average Bonchev–Trinajstić information content (AvgIpc) is 2.96. The summed E-state index contributed by atoms with van der Waals surface area (Å²) in [5.74, 6) is -0.264. The molecular weight excluding hydrogens is 643 g/mol. The molecule has 0 atom stereocenters. The van der Waals surface area contributed by atoms with Crippen LogP contribution in [0, 0.1) is 0 Å². The van der Waals surface area contributed by atoms with Gasteiger partial charge in [-0.15, -0.1) is 0 Å². The molecule has 43 heavy (non-hydrogen) atoms. The molecule has 4 aromatic rings. The van der Waals surface area contributed by atoms with Crippen molar-refractivity contribution in [1.29, 1.82) is 0 Å². The van der Waals surface area contributed by atoms with Crippen LogP contribution in [0.4, 0.5) is 0 Å². The summed E-state index contributed by atoms with van der Waals surface area (Å²) in [4.78, 5) is 24.0. The topological polar surface area (TPSA) is 154 Å². The van der Waals surface area contributed by atoms with Crippen molar-refractivity contribution in [3.63, 3.8) is 0 Å². The maximum atomic E-state index is 12.3. The zero-order valence-electron chi connectivity index (χ0n) is 21.9. The molecule has 4 aromatic carbocycles. The van der Waals surface area contributed by atoms with Gasteiger partial charge in [0.15, 0.2) is 13.2 Å². The third kappa shape index (κ3) is 9.35. The number of carbonyl (C=O) groups excluding carboxylic acids is 2. The first-order chi connectivity index (χ1) is 20.4. The van der Waals surface area contributed by atoms with E-state index >= 15 is 0 Å². The lowest BCUT2D eigenvalue weighted by molar-refractivity contribution is -0.122. The molecule has 0 spiro atoms. The van der Waals surface area contributed by atoms with Gasteiger partial charge in [-0.25, -0.2) is 26.3 Å². The van der Waals surface area contributed by atoms with Gasteiger partial charge in [-0.2, -0.15) is 0 Å². The molecule has 0 aliphatic heterocycles. The molecule has 11 nitrogen and oxygen atoms in total. The molecule has 2 N–H and O–H groups in total. The number of sulfonamides is 2. The normalized spacial score (nSPS) is 11.3. The highest BCUT2D eigenvalue weighted by Gasteiger charge is 2.19. The number of nitrogens with one attached hydrogen (secondary N) is 2. The molecule has 0 bridgehead atoms. The first kappa shape index (κ1) is 31.6. The Hall–Kier alpha value is -4.30. The molecule has 4 rings (SSSR count). The Morgan fingerprint density at radius 1 is 0.512 bits per heavy atom. The summed E-state index contributed by atoms with van der Waals surface area (Å²) in [6.07, 6.45) is 0. The average molecular weight is 666 g/mol. The SMILES string of the molecule is O=C(COc1ccc(Oc2ccc(OCC(=O)NS(=O)(=O)c3ccc(Cl)cc3)cc2)cc1)NS(=O)(=O)c1ccc(Cl)cc1. The number of hydrogen-bond donors (Lipinski definition) is 2. The van der Waals surface area contributed by atoms with E-state index in [9.17, 15) is 26.4 Å². The van der Waals surface area contributed by atoms with Gasteiger partial charge in [-0.05, 0) is 97.1 Å². The number of ether oxygens (including phenoxy) is 3. The highest BCUT2D eigenvalue weighted by Crippen LogP contribution is 2.26. The summed E-state index contributed by atoms with van der Waals surface area (Å²) in [5.41, 5.74) is 0. The zero-order valence-corrected chi connectivity index (χ0v) is 25.0. The van der Waals surface area contributed by atoms with Crippen molar-refractivity contribution in [2.75, 3.05) is 13.2 Å². The lowest BCUT2D eigenvalue weighted by atomic mass is 10.3. The van der Waals surface area contributed by atoms with E-state index in [0.717, 1.165) is 0 Å². The molecule has 0 heterocycles. The minimum absolute atomic E-state index is 0.113. The van der Waals surface area contributed by atoms with Crippen LogP contribution in [-0.4, -0.2) is 41.9 Å². The Kier molecular flexibility index (Phi) is 10.1. The van der Waals surface area contributed by atoms with E-state index in [2.05, 4.69) is 0 Å². The van der Waals surface area contributed by atoms with Crippen LogP contribution in [0.1, 0.15) is 0 Å². The standard InChI is InChI=1S/C28H22Cl2N2O9S2/c29-19-1-13-25(14-2-19)42(35,36)31-27(33)17-39-21-5-9-23(10-6-21)41-24-11-7-22(8-12-24)40-18-28(34)32-43(37,38)26-15-3-20(30)4-16-26/h1-16H,17-18H2,(H,31,33)(H,32,34). The van der Waals surface area contributed by atoms with E-state index in [1.165, 1.54) is 72.8 Å². The van der Waals surface area contributed by atoms with Crippen LogP contribution in [0.15, 0.2) is 107 Å². The second-order valence-electron chi connectivity index (χ2n) is 8.59. The maximum Gasteiger partial charge on any atom is 0.271 e. The third-order valence-electron chi connectivity index (χ3n) is 5.37. The molecule has 2 amide bonds. The second kappa shape index (κ2) is 13.8. The van der Waals surface area contributed by atoms with Gasteiger partial charge < -0.3 is 14.2 Å². The molecule has 224 valence electrons. The van der Waals surface area contributed by atoms with Crippen molar-refractivity contribution >= 4 is 55.1 Å². The van der Waals surface area contributed by atoms with Gasteiger partial charge in [0.05, 0.1) is 9.79 Å². The number of halogens is 2. The van der Waals surface area contributed by atoms with Gasteiger partial charge in [0.1, 0.15) is 23.0 Å². The molecule has 0 unspecified atom stereocenters. The Balaban J connectivity index is 1.22. The molecular formula is C28H22Cl2N2O9S2. The molecule has 0 saturated carbocycles. The van der Waals surface area contributed by atoms with Crippen molar-refractivity contribution in [3.8, 4) is 23.0 Å². The van der Waals surface area contributed by atoms with Gasteiger partial charge in [0.25, 0.3) is 31.9 Å². The summed E-state index contributed by atoms with van der Waals surface area (Å²) in [7, 11) is -8.13. The van der Waals surface area contributed by atoms with E-state index < -0.39 is 45.1 Å². The van der Waals surface area contributed by atoms with Crippen molar-refractivity contribution < 1.29 is 40.6 Å². The fourth-order valence-corrected chi connectivity index (χ4v) is 5.54. The maximum absolute atomic E-state index is 12.3. The number of hydrogen-bond acceptors (Lipinski definition) is 9. The van der Waals surface area contributed by atoms with Crippen LogP contribution in [0.5, 0.6) is 23.0 Å². The van der Waals surface area contributed by atoms with E-state index in [4.69, 9.17) is 37.4 Å². The smallest absolute Gasteiger partial charge is 0.271 e. The minimum Gasteiger partial charge on any atom is -0.484 e. The molecule has 0 aliphatic rings. The summed E-state index contributed by atoms with van der Waals surface area (Å²) < 4.78 is 69.4. The summed E-state index contributed by atoms with van der Waals surface area (Å²) in [6, 6.07) is 23.1. The number of amides is 2. The monoisotopic (exact) mass is 664 g/mol. The van der Waals surface area contributed by atoms with E-state index in [0.29, 0.717) is 33.0 Å². The Bertz CT molecular complexity index is 1660. The van der Waals surface area contributed by atoms with Gasteiger partial charge in [0, 0.05) is 10.0 Å². The van der Waals surface area contributed by atoms with Crippen molar-refractivity contribution in [1.82, 2.24) is 9.44 Å². The highest BCUT2D eigenvalue weighted by atomic mass is 35.5. The van der Waals surface area contributed by atoms with Crippen LogP contribution in [0.3, 0.4) is 0 Å². The molecule has 0 radical (unpaired) electrons. The van der Waals surface area contributed by atoms with Gasteiger partial charge in [0.2, 0.25) is 0 Å². The van der Waals surface area contributed by atoms with Crippen molar-refractivity contribution in [2.45, 2.75) is 9.79 Å². The molecule has 15 heteroatoms. The van der Waals surface area contributed by atoms with Crippen LogP contribution in [0.25, 0.3) is 0 Å². The van der Waals surface area contributed by atoms with Crippen molar-refractivity contribution in [2.24, 2.45) is 0 Å². The van der Waals surface area contributed by atoms with Gasteiger partial charge in [-0.3, -0.25) is 9.59 Å². The first-order valence-electron chi connectivity index (χ1n) is 12.2. The lowest BCUT2D eigenvalue weighted by Crippen LogP contribution is -2.34. The van der Waals surface area contributed by atoms with Gasteiger partial charge in [-0.1, -0.05) is 23.2 Å².